The van der Waals surface area contributed by atoms with E-state index in [2.05, 4.69) is 4.72 Å². The molecule has 1 rings (SSSR count). The van der Waals surface area contributed by atoms with Gasteiger partial charge in [-0.25, -0.2) is 17.9 Å². The number of carboxylic acid groups (broad SMARTS) is 1. The van der Waals surface area contributed by atoms with Gasteiger partial charge in [0.2, 0.25) is 10.0 Å². The molecule has 0 spiro atoms. The van der Waals surface area contributed by atoms with E-state index in [1.54, 1.807) is 6.92 Å². The molecular formula is C16H23NO6S. The van der Waals surface area contributed by atoms with E-state index in [0.29, 0.717) is 11.1 Å². The molecule has 1 aromatic rings. The summed E-state index contributed by atoms with van der Waals surface area (Å²) in [6, 6.07) is 4.80. The minimum Gasteiger partial charge on any atom is -0.480 e. The Labute approximate surface area is 142 Å². The number of aliphatic carboxylic acids is 1. The average molecular weight is 357 g/mol. The lowest BCUT2D eigenvalue weighted by Gasteiger charge is -2.16. The molecule has 24 heavy (non-hydrogen) atoms. The van der Waals surface area contributed by atoms with Crippen molar-refractivity contribution in [2.75, 3.05) is 6.61 Å². The van der Waals surface area contributed by atoms with Crippen molar-refractivity contribution in [2.45, 2.75) is 39.0 Å². The van der Waals surface area contributed by atoms with Gasteiger partial charge >= 0.3 is 11.9 Å². The van der Waals surface area contributed by atoms with Crippen molar-refractivity contribution >= 4 is 22.0 Å². The third kappa shape index (κ3) is 6.67. The maximum atomic E-state index is 12.2. The number of sulfonamides is 1. The first-order chi connectivity index (χ1) is 11.1. The Balaban J connectivity index is 2.79. The highest BCUT2D eigenvalue weighted by atomic mass is 32.2. The first kappa shape index (κ1) is 20.1. The molecule has 0 amide bonds. The zero-order chi connectivity index (χ0) is 18.3. The lowest BCUT2D eigenvalue weighted by atomic mass is 10.1. The van der Waals surface area contributed by atoms with Crippen molar-refractivity contribution in [2.24, 2.45) is 5.92 Å². The summed E-state index contributed by atoms with van der Waals surface area (Å²) in [7, 11) is -3.81. The molecular weight excluding hydrogens is 334 g/mol. The van der Waals surface area contributed by atoms with E-state index >= 15 is 0 Å². The Morgan fingerprint density at radius 3 is 2.25 bits per heavy atom. The minimum atomic E-state index is -3.81. The van der Waals surface area contributed by atoms with E-state index in [9.17, 15) is 18.0 Å². The molecule has 0 aliphatic heterocycles. The van der Waals surface area contributed by atoms with Crippen LogP contribution in [-0.4, -0.2) is 38.1 Å². The second kappa shape index (κ2) is 8.79. The fourth-order valence-corrected chi connectivity index (χ4v) is 3.45. The number of nitrogens with one attached hydrogen (secondary N) is 1. The van der Waals surface area contributed by atoms with E-state index in [4.69, 9.17) is 9.84 Å². The van der Waals surface area contributed by atoms with Crippen molar-refractivity contribution in [3.05, 3.63) is 35.4 Å². The number of ether oxygens (including phenoxy) is 1. The molecule has 134 valence electrons. The van der Waals surface area contributed by atoms with Crippen LogP contribution in [0.1, 0.15) is 43.1 Å². The summed E-state index contributed by atoms with van der Waals surface area (Å²) in [6.07, 6.45) is 0.205. The number of hydrogen-bond donors (Lipinski definition) is 2. The van der Waals surface area contributed by atoms with E-state index in [1.807, 2.05) is 13.8 Å². The summed E-state index contributed by atoms with van der Waals surface area (Å²) < 4.78 is 31.4. The first-order valence-electron chi connectivity index (χ1n) is 7.63. The molecule has 0 heterocycles. The summed E-state index contributed by atoms with van der Waals surface area (Å²) in [6.45, 7) is 5.59. The van der Waals surface area contributed by atoms with Crippen molar-refractivity contribution in [3.63, 3.8) is 0 Å². The molecule has 0 fully saturated rings. The Hall–Kier alpha value is -1.93. The number of carbonyl (C=O) groups excluding carboxylic acids is 1. The van der Waals surface area contributed by atoms with E-state index in [-0.39, 0.29) is 24.7 Å². The maximum absolute atomic E-state index is 12.2. The van der Waals surface area contributed by atoms with Crippen molar-refractivity contribution < 1.29 is 27.9 Å². The number of rotatable bonds is 9. The molecule has 1 aromatic carbocycles. The molecule has 0 saturated heterocycles. The fourth-order valence-electron chi connectivity index (χ4n) is 2.10. The third-order valence-electron chi connectivity index (χ3n) is 3.15. The molecule has 0 aliphatic rings. The molecule has 2 N–H and O–H groups in total. The lowest BCUT2D eigenvalue weighted by Crippen LogP contribution is -2.42. The molecule has 0 bridgehead atoms. The molecule has 0 saturated carbocycles. The summed E-state index contributed by atoms with van der Waals surface area (Å²) in [5.74, 6) is -2.01. The van der Waals surface area contributed by atoms with E-state index in [0.717, 1.165) is 0 Å². The monoisotopic (exact) mass is 357 g/mol. The van der Waals surface area contributed by atoms with Crippen molar-refractivity contribution in [1.82, 2.24) is 4.72 Å². The number of esters is 1. The van der Waals surface area contributed by atoms with Gasteiger partial charge in [-0.05, 0) is 37.0 Å². The number of hydrogen-bond acceptors (Lipinski definition) is 5. The van der Waals surface area contributed by atoms with Gasteiger partial charge in [-0.2, -0.15) is 0 Å². The molecule has 7 nitrogen and oxygen atoms in total. The fraction of sp³-hybridized carbons (Fsp3) is 0.500. The van der Waals surface area contributed by atoms with E-state index < -0.39 is 28.0 Å². The van der Waals surface area contributed by atoms with Gasteiger partial charge in [0.15, 0.2) is 0 Å². The zero-order valence-corrected chi connectivity index (χ0v) is 14.8. The largest absolute Gasteiger partial charge is 0.480 e. The van der Waals surface area contributed by atoms with Crippen LogP contribution in [0.25, 0.3) is 0 Å². The topological polar surface area (TPSA) is 110 Å². The van der Waals surface area contributed by atoms with Crippen LogP contribution in [0.15, 0.2) is 24.3 Å². The predicted molar refractivity (Wildman–Crippen MR) is 89.0 cm³/mol. The SMILES string of the molecule is CCOC(=O)c1ccc(CS(=O)(=O)N[C@H](CC(C)C)C(=O)O)cc1. The number of carbonyl (C=O) groups is 2. The second-order valence-electron chi connectivity index (χ2n) is 5.81. The highest BCUT2D eigenvalue weighted by molar-refractivity contribution is 7.88. The van der Waals surface area contributed by atoms with Crippen LogP contribution in [0.4, 0.5) is 0 Å². The number of benzene rings is 1. The van der Waals surface area contributed by atoms with Gasteiger partial charge in [0, 0.05) is 0 Å². The summed E-state index contributed by atoms with van der Waals surface area (Å²) >= 11 is 0. The first-order valence-corrected chi connectivity index (χ1v) is 9.28. The smallest absolute Gasteiger partial charge is 0.338 e. The Morgan fingerprint density at radius 2 is 1.79 bits per heavy atom. The predicted octanol–water partition coefficient (Wildman–Crippen LogP) is 1.78. The van der Waals surface area contributed by atoms with Crippen LogP contribution in [0.5, 0.6) is 0 Å². The summed E-state index contributed by atoms with van der Waals surface area (Å²) in [5.41, 5.74) is 0.776. The van der Waals surface area contributed by atoms with Crippen LogP contribution in [0, 0.1) is 5.92 Å². The quantitative estimate of drug-likeness (QED) is 0.652. The molecule has 0 radical (unpaired) electrons. The molecule has 0 unspecified atom stereocenters. The maximum Gasteiger partial charge on any atom is 0.338 e. The third-order valence-corrected chi connectivity index (χ3v) is 4.51. The standard InChI is InChI=1S/C16H23NO6S/c1-4-23-16(20)13-7-5-12(6-8-13)10-24(21,22)17-14(15(18)19)9-11(2)3/h5-8,11,14,17H,4,9-10H2,1-3H3,(H,18,19)/t14-/m1/s1. The van der Waals surface area contributed by atoms with Gasteiger partial charge in [-0.15, -0.1) is 0 Å². The molecule has 0 aliphatic carbocycles. The van der Waals surface area contributed by atoms with Gasteiger partial charge < -0.3 is 9.84 Å². The van der Waals surface area contributed by atoms with Gasteiger partial charge in [0.1, 0.15) is 6.04 Å². The average Bonchev–Trinajstić information content (AvgIpc) is 2.46. The second-order valence-corrected chi connectivity index (χ2v) is 7.57. The van der Waals surface area contributed by atoms with Crippen LogP contribution in [0.3, 0.4) is 0 Å². The Bertz CT molecular complexity index is 666. The highest BCUT2D eigenvalue weighted by Gasteiger charge is 2.25. The summed E-state index contributed by atoms with van der Waals surface area (Å²) in [4.78, 5) is 22.7. The Morgan fingerprint density at radius 1 is 1.21 bits per heavy atom. The molecule has 0 aromatic heterocycles. The number of carboxylic acids is 1. The normalized spacial score (nSPS) is 12.8. The molecule has 8 heteroatoms. The van der Waals surface area contributed by atoms with Crippen molar-refractivity contribution in [1.29, 1.82) is 0 Å². The van der Waals surface area contributed by atoms with E-state index in [1.165, 1.54) is 24.3 Å². The van der Waals surface area contributed by atoms with Gasteiger partial charge in [0.25, 0.3) is 0 Å². The van der Waals surface area contributed by atoms with Gasteiger partial charge in [-0.1, -0.05) is 26.0 Å². The zero-order valence-electron chi connectivity index (χ0n) is 14.0. The van der Waals surface area contributed by atoms with Crippen LogP contribution in [-0.2, 0) is 25.3 Å². The minimum absolute atomic E-state index is 0.0395. The van der Waals surface area contributed by atoms with Crippen molar-refractivity contribution in [3.8, 4) is 0 Å². The van der Waals surface area contributed by atoms with Crippen LogP contribution < -0.4 is 4.72 Å². The Kier molecular flexibility index (Phi) is 7.37. The van der Waals surface area contributed by atoms with Gasteiger partial charge in [0.05, 0.1) is 17.9 Å². The van der Waals surface area contributed by atoms with Crippen LogP contribution in [0.2, 0.25) is 0 Å². The highest BCUT2D eigenvalue weighted by Crippen LogP contribution is 2.11. The van der Waals surface area contributed by atoms with Gasteiger partial charge in [-0.3, -0.25) is 4.79 Å². The lowest BCUT2D eigenvalue weighted by molar-refractivity contribution is -0.139. The van der Waals surface area contributed by atoms with Crippen LogP contribution >= 0.6 is 0 Å². The molecule has 1 atom stereocenters. The summed E-state index contributed by atoms with van der Waals surface area (Å²) in [5, 5.41) is 9.12.